The fourth-order valence-electron chi connectivity index (χ4n) is 3.44. The third-order valence-electron chi connectivity index (χ3n) is 4.82. The number of pyridine rings is 1. The van der Waals surface area contributed by atoms with Gasteiger partial charge in [-0.2, -0.15) is 0 Å². The first kappa shape index (κ1) is 19.3. The van der Waals surface area contributed by atoms with Crippen molar-refractivity contribution < 1.29 is 9.59 Å². The van der Waals surface area contributed by atoms with Crippen LogP contribution in [0.4, 0.5) is 16.3 Å². The predicted molar refractivity (Wildman–Crippen MR) is 99.6 cm³/mol. The van der Waals surface area contributed by atoms with Gasteiger partial charge in [0.25, 0.3) is 0 Å². The maximum absolute atomic E-state index is 12.4. The number of rotatable bonds is 3. The molecule has 138 valence electrons. The lowest BCUT2D eigenvalue weighted by atomic mass is 9.97. The predicted octanol–water partition coefficient (Wildman–Crippen LogP) is 2.39. The Labute approximate surface area is 154 Å². The third kappa shape index (κ3) is 5.22. The Bertz CT molecular complexity index is 589. The van der Waals surface area contributed by atoms with E-state index < -0.39 is 0 Å². The summed E-state index contributed by atoms with van der Waals surface area (Å²) < 4.78 is 0. The van der Waals surface area contributed by atoms with E-state index in [0.29, 0.717) is 30.6 Å². The SMILES string of the molecule is Cl.Nc1ccc(NC(=O)C2CCCN(C(=O)NC3CCCC3)C2)cn1. The fourth-order valence-corrected chi connectivity index (χ4v) is 3.44. The highest BCUT2D eigenvalue weighted by atomic mass is 35.5. The summed E-state index contributed by atoms with van der Waals surface area (Å²) >= 11 is 0. The Morgan fingerprint density at radius 2 is 1.92 bits per heavy atom. The van der Waals surface area contributed by atoms with Gasteiger partial charge in [0.05, 0.1) is 17.8 Å². The minimum atomic E-state index is -0.189. The monoisotopic (exact) mass is 367 g/mol. The number of aromatic nitrogens is 1. The highest BCUT2D eigenvalue weighted by Crippen LogP contribution is 2.21. The number of amides is 3. The number of nitrogens with zero attached hydrogens (tertiary/aromatic N) is 2. The highest BCUT2D eigenvalue weighted by molar-refractivity contribution is 5.93. The summed E-state index contributed by atoms with van der Waals surface area (Å²) in [6.07, 6.45) is 7.68. The number of halogens is 1. The molecule has 1 saturated heterocycles. The standard InChI is InChI=1S/C17H25N5O2.ClH/c18-15-8-7-14(10-19-15)20-16(23)12-4-3-9-22(11-12)17(24)21-13-5-1-2-6-13;/h7-8,10,12-13H,1-6,9,11H2,(H2,18,19)(H,20,23)(H,21,24);1H. The van der Waals surface area contributed by atoms with Gasteiger partial charge in [0.1, 0.15) is 5.82 Å². The first-order valence-electron chi connectivity index (χ1n) is 8.69. The summed E-state index contributed by atoms with van der Waals surface area (Å²) in [5, 5.41) is 5.95. The Kier molecular flexibility index (Phi) is 6.87. The van der Waals surface area contributed by atoms with Crippen molar-refractivity contribution in [1.82, 2.24) is 15.2 Å². The molecule has 2 aliphatic rings. The van der Waals surface area contributed by atoms with Crippen molar-refractivity contribution >= 4 is 35.9 Å². The molecule has 1 aromatic heterocycles. The van der Waals surface area contributed by atoms with Crippen molar-refractivity contribution in [3.63, 3.8) is 0 Å². The summed E-state index contributed by atoms with van der Waals surface area (Å²) in [6, 6.07) is 3.65. The number of hydrogen-bond acceptors (Lipinski definition) is 4. The first-order valence-corrected chi connectivity index (χ1v) is 8.69. The number of carbonyl (C=O) groups excluding carboxylic acids is 2. The molecule has 2 fully saturated rings. The number of likely N-dealkylation sites (tertiary alicyclic amines) is 1. The number of nitrogens with two attached hydrogens (primary N) is 1. The van der Waals surface area contributed by atoms with Gasteiger partial charge >= 0.3 is 6.03 Å². The van der Waals surface area contributed by atoms with Crippen LogP contribution in [0.5, 0.6) is 0 Å². The van der Waals surface area contributed by atoms with Gasteiger partial charge in [-0.3, -0.25) is 4.79 Å². The second kappa shape index (κ2) is 8.89. The van der Waals surface area contributed by atoms with Gasteiger partial charge in [-0.25, -0.2) is 9.78 Å². The Morgan fingerprint density at radius 1 is 1.16 bits per heavy atom. The molecule has 0 spiro atoms. The van der Waals surface area contributed by atoms with E-state index >= 15 is 0 Å². The second-order valence-corrected chi connectivity index (χ2v) is 6.68. The lowest BCUT2D eigenvalue weighted by Gasteiger charge is -2.32. The summed E-state index contributed by atoms with van der Waals surface area (Å²) in [7, 11) is 0. The molecule has 1 aromatic rings. The van der Waals surface area contributed by atoms with E-state index in [2.05, 4.69) is 15.6 Å². The summed E-state index contributed by atoms with van der Waals surface area (Å²) in [5.74, 6) is 0.158. The lowest BCUT2D eigenvalue weighted by Crippen LogP contribution is -2.49. The highest BCUT2D eigenvalue weighted by Gasteiger charge is 2.29. The molecule has 0 aromatic carbocycles. The summed E-state index contributed by atoms with van der Waals surface area (Å²) in [6.45, 7) is 1.18. The molecular weight excluding hydrogens is 342 g/mol. The molecule has 25 heavy (non-hydrogen) atoms. The Balaban J connectivity index is 0.00000225. The Hall–Kier alpha value is -2.02. The van der Waals surface area contributed by atoms with Crippen LogP contribution in [-0.2, 0) is 4.79 Å². The molecule has 3 rings (SSSR count). The van der Waals surface area contributed by atoms with Crippen LogP contribution < -0.4 is 16.4 Å². The number of piperidine rings is 1. The van der Waals surface area contributed by atoms with E-state index in [4.69, 9.17) is 5.73 Å². The minimum absolute atomic E-state index is 0. The molecule has 1 aliphatic carbocycles. The van der Waals surface area contributed by atoms with Gasteiger partial charge in [-0.1, -0.05) is 12.8 Å². The van der Waals surface area contributed by atoms with Crippen molar-refractivity contribution in [3.05, 3.63) is 18.3 Å². The maximum Gasteiger partial charge on any atom is 0.317 e. The molecule has 1 aliphatic heterocycles. The quantitative estimate of drug-likeness (QED) is 0.763. The molecule has 4 N–H and O–H groups in total. The van der Waals surface area contributed by atoms with Crippen LogP contribution in [0, 0.1) is 5.92 Å². The van der Waals surface area contributed by atoms with Crippen LogP contribution in [0.25, 0.3) is 0 Å². The van der Waals surface area contributed by atoms with Crippen molar-refractivity contribution in [2.75, 3.05) is 24.1 Å². The number of urea groups is 1. The van der Waals surface area contributed by atoms with E-state index in [1.807, 2.05) is 0 Å². The van der Waals surface area contributed by atoms with Crippen molar-refractivity contribution in [2.24, 2.45) is 5.92 Å². The number of nitrogens with one attached hydrogen (secondary N) is 2. The van der Waals surface area contributed by atoms with Gasteiger partial charge < -0.3 is 21.3 Å². The van der Waals surface area contributed by atoms with Gasteiger partial charge in [0.15, 0.2) is 0 Å². The first-order chi connectivity index (χ1) is 11.6. The molecule has 7 nitrogen and oxygen atoms in total. The maximum atomic E-state index is 12.4. The van der Waals surface area contributed by atoms with Crippen LogP contribution in [0.15, 0.2) is 18.3 Å². The normalized spacial score (nSPS) is 20.6. The zero-order valence-electron chi connectivity index (χ0n) is 14.2. The smallest absolute Gasteiger partial charge is 0.317 e. The molecule has 8 heteroatoms. The van der Waals surface area contributed by atoms with Gasteiger partial charge in [-0.05, 0) is 37.8 Å². The number of anilines is 2. The lowest BCUT2D eigenvalue weighted by molar-refractivity contribution is -0.121. The number of carbonyl (C=O) groups is 2. The second-order valence-electron chi connectivity index (χ2n) is 6.68. The average molecular weight is 368 g/mol. The largest absolute Gasteiger partial charge is 0.384 e. The molecule has 2 heterocycles. The number of hydrogen-bond donors (Lipinski definition) is 3. The average Bonchev–Trinajstić information content (AvgIpc) is 3.10. The van der Waals surface area contributed by atoms with Gasteiger partial charge in [0.2, 0.25) is 5.91 Å². The molecule has 1 unspecified atom stereocenters. The zero-order valence-corrected chi connectivity index (χ0v) is 15.1. The molecule has 0 radical (unpaired) electrons. The van der Waals surface area contributed by atoms with Crippen LogP contribution in [-0.4, -0.2) is 41.0 Å². The van der Waals surface area contributed by atoms with E-state index in [0.717, 1.165) is 25.7 Å². The number of nitrogen functional groups attached to an aromatic ring is 1. The van der Waals surface area contributed by atoms with Gasteiger partial charge in [-0.15, -0.1) is 12.4 Å². The molecule has 3 amide bonds. The summed E-state index contributed by atoms with van der Waals surface area (Å²) in [4.78, 5) is 30.6. The van der Waals surface area contributed by atoms with Crippen LogP contribution >= 0.6 is 12.4 Å². The van der Waals surface area contributed by atoms with Crippen LogP contribution in [0.1, 0.15) is 38.5 Å². The third-order valence-corrected chi connectivity index (χ3v) is 4.82. The molecule has 1 saturated carbocycles. The zero-order chi connectivity index (χ0) is 16.9. The molecular formula is C17H26ClN5O2. The Morgan fingerprint density at radius 3 is 2.60 bits per heavy atom. The van der Waals surface area contributed by atoms with Gasteiger partial charge in [0, 0.05) is 19.1 Å². The molecule has 0 bridgehead atoms. The fraction of sp³-hybridized carbons (Fsp3) is 0.588. The summed E-state index contributed by atoms with van der Waals surface area (Å²) in [5.41, 5.74) is 6.17. The topological polar surface area (TPSA) is 100 Å². The van der Waals surface area contributed by atoms with Crippen molar-refractivity contribution in [2.45, 2.75) is 44.6 Å². The van der Waals surface area contributed by atoms with Crippen molar-refractivity contribution in [3.8, 4) is 0 Å². The van der Waals surface area contributed by atoms with E-state index in [1.54, 1.807) is 23.2 Å². The van der Waals surface area contributed by atoms with E-state index in [9.17, 15) is 9.59 Å². The van der Waals surface area contributed by atoms with Crippen LogP contribution in [0.3, 0.4) is 0 Å². The minimum Gasteiger partial charge on any atom is -0.384 e. The van der Waals surface area contributed by atoms with E-state index in [1.165, 1.54) is 12.8 Å². The molecule has 1 atom stereocenters. The van der Waals surface area contributed by atoms with Crippen molar-refractivity contribution in [1.29, 1.82) is 0 Å². The van der Waals surface area contributed by atoms with E-state index in [-0.39, 0.29) is 30.3 Å². The van der Waals surface area contributed by atoms with Crippen LogP contribution in [0.2, 0.25) is 0 Å².